The quantitative estimate of drug-likeness (QED) is 0.593. The summed E-state index contributed by atoms with van der Waals surface area (Å²) in [5.74, 6) is 0. The summed E-state index contributed by atoms with van der Waals surface area (Å²) in [6.45, 7) is 0. The van der Waals surface area contributed by atoms with E-state index in [9.17, 15) is 0 Å². The van der Waals surface area contributed by atoms with Crippen molar-refractivity contribution in [3.8, 4) is 6.07 Å². The van der Waals surface area contributed by atoms with Crippen molar-refractivity contribution in [2.45, 2.75) is 4.90 Å². The molecule has 0 atom stereocenters. The number of anilines is 1. The summed E-state index contributed by atoms with van der Waals surface area (Å²) in [6.07, 6.45) is 1.95. The van der Waals surface area contributed by atoms with Crippen molar-refractivity contribution in [1.82, 2.24) is 0 Å². The molecule has 1 heterocycles. The number of hydrogen-bond donors (Lipinski definition) is 1. The topological polar surface area (TPSA) is 49.8 Å². The monoisotopic (exact) mass is 220 g/mol. The zero-order valence-corrected chi connectivity index (χ0v) is 9.21. The van der Waals surface area contributed by atoms with Gasteiger partial charge in [0.05, 0.1) is 10.3 Å². The predicted molar refractivity (Wildman–Crippen MR) is 62.7 cm³/mol. The molecule has 0 saturated heterocycles. The van der Waals surface area contributed by atoms with Gasteiger partial charge in [-0.2, -0.15) is 5.26 Å². The van der Waals surface area contributed by atoms with E-state index in [1.807, 2.05) is 23.8 Å². The molecule has 0 bridgehead atoms. The molecule has 1 aromatic carbocycles. The smallest absolute Gasteiger partial charge is 0.102 e. The van der Waals surface area contributed by atoms with Crippen LogP contribution in [0.4, 0.5) is 5.69 Å². The standard InChI is InChI=1S/C10H8N2S2/c1-13-9-4-8(12)6-2-3-14-10(6)7(9)5-11/h2-4H,12H2,1H3. The van der Waals surface area contributed by atoms with E-state index < -0.39 is 0 Å². The Labute approximate surface area is 90.3 Å². The lowest BCUT2D eigenvalue weighted by Crippen LogP contribution is -1.89. The van der Waals surface area contributed by atoms with Crippen LogP contribution < -0.4 is 5.73 Å². The number of nitriles is 1. The molecule has 2 rings (SSSR count). The van der Waals surface area contributed by atoms with E-state index in [2.05, 4.69) is 6.07 Å². The largest absolute Gasteiger partial charge is 0.398 e. The van der Waals surface area contributed by atoms with Crippen molar-refractivity contribution in [2.75, 3.05) is 12.0 Å². The Kier molecular flexibility index (Phi) is 2.36. The molecular formula is C10H8N2S2. The van der Waals surface area contributed by atoms with Gasteiger partial charge in [0, 0.05) is 16.0 Å². The molecular weight excluding hydrogens is 212 g/mol. The Morgan fingerprint density at radius 3 is 3.00 bits per heavy atom. The lowest BCUT2D eigenvalue weighted by atomic mass is 10.1. The van der Waals surface area contributed by atoms with E-state index in [1.54, 1.807) is 23.1 Å². The number of thioether (sulfide) groups is 1. The van der Waals surface area contributed by atoms with Gasteiger partial charge in [-0.1, -0.05) is 0 Å². The molecule has 0 fully saturated rings. The van der Waals surface area contributed by atoms with Gasteiger partial charge in [-0.3, -0.25) is 0 Å². The minimum Gasteiger partial charge on any atom is -0.398 e. The van der Waals surface area contributed by atoms with Crippen molar-refractivity contribution in [3.63, 3.8) is 0 Å². The van der Waals surface area contributed by atoms with Crippen LogP contribution in [0, 0.1) is 11.3 Å². The first-order valence-electron chi connectivity index (χ1n) is 4.01. The van der Waals surface area contributed by atoms with Crippen molar-refractivity contribution < 1.29 is 0 Å². The summed E-state index contributed by atoms with van der Waals surface area (Å²) < 4.78 is 0.997. The second kappa shape index (κ2) is 3.52. The SMILES string of the molecule is CSc1cc(N)c2ccsc2c1C#N. The molecule has 70 valence electrons. The highest BCUT2D eigenvalue weighted by Gasteiger charge is 2.10. The van der Waals surface area contributed by atoms with Gasteiger partial charge in [0.2, 0.25) is 0 Å². The number of benzene rings is 1. The van der Waals surface area contributed by atoms with Crippen LogP contribution in [0.25, 0.3) is 10.1 Å². The van der Waals surface area contributed by atoms with Gasteiger partial charge < -0.3 is 5.73 Å². The lowest BCUT2D eigenvalue weighted by molar-refractivity contribution is 1.42. The number of nitrogen functional groups attached to an aromatic ring is 1. The maximum absolute atomic E-state index is 9.06. The van der Waals surface area contributed by atoms with Crippen LogP contribution >= 0.6 is 23.1 Å². The summed E-state index contributed by atoms with van der Waals surface area (Å²) in [6, 6.07) is 6.07. The summed E-state index contributed by atoms with van der Waals surface area (Å²) in [7, 11) is 0. The maximum Gasteiger partial charge on any atom is 0.102 e. The number of rotatable bonds is 1. The molecule has 0 spiro atoms. The number of nitrogens with two attached hydrogens (primary N) is 1. The van der Waals surface area contributed by atoms with Gasteiger partial charge in [0.1, 0.15) is 6.07 Å². The van der Waals surface area contributed by atoms with Crippen molar-refractivity contribution >= 4 is 38.9 Å². The van der Waals surface area contributed by atoms with E-state index >= 15 is 0 Å². The molecule has 0 unspecified atom stereocenters. The van der Waals surface area contributed by atoms with Crippen molar-refractivity contribution in [1.29, 1.82) is 5.26 Å². The zero-order chi connectivity index (χ0) is 10.1. The third-order valence-electron chi connectivity index (χ3n) is 2.07. The molecule has 2 nitrogen and oxygen atoms in total. The van der Waals surface area contributed by atoms with Crippen LogP contribution in [0.15, 0.2) is 22.4 Å². The Morgan fingerprint density at radius 2 is 2.36 bits per heavy atom. The van der Waals surface area contributed by atoms with E-state index in [-0.39, 0.29) is 0 Å². The van der Waals surface area contributed by atoms with E-state index in [1.165, 1.54) is 0 Å². The second-order valence-corrected chi connectivity index (χ2v) is 4.58. The Hall–Kier alpha value is -1.18. The van der Waals surface area contributed by atoms with Gasteiger partial charge in [-0.05, 0) is 23.8 Å². The number of hydrogen-bond acceptors (Lipinski definition) is 4. The molecule has 14 heavy (non-hydrogen) atoms. The Bertz CT molecular complexity index is 523. The summed E-state index contributed by atoms with van der Waals surface area (Å²) in [4.78, 5) is 0.958. The van der Waals surface area contributed by atoms with E-state index in [0.29, 0.717) is 0 Å². The fourth-order valence-corrected chi connectivity index (χ4v) is 2.99. The van der Waals surface area contributed by atoms with Gasteiger partial charge in [-0.25, -0.2) is 0 Å². The average Bonchev–Trinajstić information content (AvgIpc) is 2.66. The lowest BCUT2D eigenvalue weighted by Gasteiger charge is -2.04. The molecule has 1 aromatic heterocycles. The number of thiophene rings is 1. The third kappa shape index (κ3) is 1.26. The summed E-state index contributed by atoms with van der Waals surface area (Å²) in [5, 5.41) is 12.0. The molecule has 2 N–H and O–H groups in total. The summed E-state index contributed by atoms with van der Waals surface area (Å²) in [5.41, 5.74) is 7.39. The van der Waals surface area contributed by atoms with Gasteiger partial charge in [0.25, 0.3) is 0 Å². The van der Waals surface area contributed by atoms with Crippen LogP contribution in [0.2, 0.25) is 0 Å². The fourth-order valence-electron chi connectivity index (χ4n) is 1.40. The third-order valence-corrected chi connectivity index (χ3v) is 3.76. The molecule has 2 aromatic rings. The van der Waals surface area contributed by atoms with Crippen LogP contribution in [-0.4, -0.2) is 6.26 Å². The first-order chi connectivity index (χ1) is 6.77. The first-order valence-corrected chi connectivity index (χ1v) is 6.12. The van der Waals surface area contributed by atoms with Gasteiger partial charge >= 0.3 is 0 Å². The van der Waals surface area contributed by atoms with Crippen LogP contribution in [-0.2, 0) is 0 Å². The second-order valence-electron chi connectivity index (χ2n) is 2.82. The normalized spacial score (nSPS) is 10.3. The fraction of sp³-hybridized carbons (Fsp3) is 0.100. The molecule has 0 aliphatic carbocycles. The minimum atomic E-state index is 0.747. The molecule has 0 aliphatic heterocycles. The molecule has 4 heteroatoms. The van der Waals surface area contributed by atoms with Crippen LogP contribution in [0.5, 0.6) is 0 Å². The first kappa shape index (κ1) is 9.38. The average molecular weight is 220 g/mol. The highest BCUT2D eigenvalue weighted by Crippen LogP contribution is 2.35. The molecule has 0 radical (unpaired) electrons. The van der Waals surface area contributed by atoms with E-state index in [0.717, 1.165) is 26.2 Å². The van der Waals surface area contributed by atoms with Crippen molar-refractivity contribution in [2.24, 2.45) is 0 Å². The zero-order valence-electron chi connectivity index (χ0n) is 7.57. The molecule has 0 amide bonds. The Morgan fingerprint density at radius 1 is 1.57 bits per heavy atom. The van der Waals surface area contributed by atoms with Crippen LogP contribution in [0.1, 0.15) is 5.56 Å². The molecule has 0 saturated carbocycles. The van der Waals surface area contributed by atoms with Crippen molar-refractivity contribution in [3.05, 3.63) is 23.1 Å². The molecule has 0 aliphatic rings. The van der Waals surface area contributed by atoms with Gasteiger partial charge in [-0.15, -0.1) is 23.1 Å². The predicted octanol–water partition coefficient (Wildman–Crippen LogP) is 3.08. The van der Waals surface area contributed by atoms with E-state index in [4.69, 9.17) is 11.0 Å². The highest BCUT2D eigenvalue weighted by molar-refractivity contribution is 7.98. The minimum absolute atomic E-state index is 0.747. The van der Waals surface area contributed by atoms with Crippen LogP contribution in [0.3, 0.4) is 0 Å². The number of nitrogens with zero attached hydrogens (tertiary/aromatic N) is 1. The maximum atomic E-state index is 9.06. The Balaban J connectivity index is 2.91. The number of fused-ring (bicyclic) bond motifs is 1. The highest BCUT2D eigenvalue weighted by atomic mass is 32.2. The summed E-state index contributed by atoms with van der Waals surface area (Å²) >= 11 is 3.12. The van der Waals surface area contributed by atoms with Gasteiger partial charge in [0.15, 0.2) is 0 Å².